The predicted octanol–water partition coefficient (Wildman–Crippen LogP) is 0.135. The standard InChI is InChI=1S/C11H15N3O2/c1-7-4-3-5-8(10(7)13)11(16)14(2)6-9(12)15/h3-5H,6,13H2,1-2H3,(H2,12,15). The number of benzene rings is 1. The van der Waals surface area contributed by atoms with E-state index in [1.807, 2.05) is 13.0 Å². The third-order valence-corrected chi connectivity index (χ3v) is 2.29. The zero-order chi connectivity index (χ0) is 12.3. The van der Waals surface area contributed by atoms with Crippen LogP contribution in [0.4, 0.5) is 5.69 Å². The highest BCUT2D eigenvalue weighted by molar-refractivity contribution is 6.00. The molecular weight excluding hydrogens is 206 g/mol. The normalized spacial score (nSPS) is 9.88. The molecule has 0 fully saturated rings. The number of carbonyl (C=O) groups is 2. The lowest BCUT2D eigenvalue weighted by Crippen LogP contribution is -2.35. The van der Waals surface area contributed by atoms with Gasteiger partial charge >= 0.3 is 0 Å². The molecule has 0 aromatic heterocycles. The number of para-hydroxylation sites is 1. The van der Waals surface area contributed by atoms with Crippen molar-refractivity contribution in [1.29, 1.82) is 0 Å². The summed E-state index contributed by atoms with van der Waals surface area (Å²) in [4.78, 5) is 23.8. The topological polar surface area (TPSA) is 89.4 Å². The van der Waals surface area contributed by atoms with Crippen molar-refractivity contribution < 1.29 is 9.59 Å². The van der Waals surface area contributed by atoms with E-state index in [2.05, 4.69) is 0 Å². The van der Waals surface area contributed by atoms with Crippen LogP contribution in [0.2, 0.25) is 0 Å². The lowest BCUT2D eigenvalue weighted by Gasteiger charge is -2.16. The van der Waals surface area contributed by atoms with E-state index >= 15 is 0 Å². The second-order valence-electron chi connectivity index (χ2n) is 3.66. The first-order chi connectivity index (χ1) is 7.43. The molecule has 5 nitrogen and oxygen atoms in total. The molecule has 0 radical (unpaired) electrons. The van der Waals surface area contributed by atoms with E-state index < -0.39 is 5.91 Å². The van der Waals surface area contributed by atoms with Crippen LogP contribution >= 0.6 is 0 Å². The SMILES string of the molecule is Cc1cccc(C(=O)N(C)CC(N)=O)c1N. The number of rotatable bonds is 3. The molecular formula is C11H15N3O2. The molecule has 0 spiro atoms. The number of aryl methyl sites for hydroxylation is 1. The Morgan fingerprint density at radius 2 is 2.00 bits per heavy atom. The van der Waals surface area contributed by atoms with E-state index in [4.69, 9.17) is 11.5 Å². The molecule has 1 aromatic rings. The first kappa shape index (κ1) is 12.0. The average Bonchev–Trinajstić information content (AvgIpc) is 2.20. The van der Waals surface area contributed by atoms with E-state index in [-0.39, 0.29) is 12.5 Å². The van der Waals surface area contributed by atoms with E-state index in [9.17, 15) is 9.59 Å². The van der Waals surface area contributed by atoms with Crippen molar-refractivity contribution >= 4 is 17.5 Å². The minimum Gasteiger partial charge on any atom is -0.398 e. The third-order valence-electron chi connectivity index (χ3n) is 2.29. The second kappa shape index (κ2) is 4.65. The van der Waals surface area contributed by atoms with Crippen LogP contribution < -0.4 is 11.5 Å². The van der Waals surface area contributed by atoms with Gasteiger partial charge in [0.05, 0.1) is 12.1 Å². The summed E-state index contributed by atoms with van der Waals surface area (Å²) in [6.45, 7) is 1.70. The highest BCUT2D eigenvalue weighted by Gasteiger charge is 2.16. The zero-order valence-electron chi connectivity index (χ0n) is 9.36. The van der Waals surface area contributed by atoms with Gasteiger partial charge in [-0.2, -0.15) is 0 Å². The highest BCUT2D eigenvalue weighted by Crippen LogP contribution is 2.17. The Kier molecular flexibility index (Phi) is 3.50. The molecule has 0 unspecified atom stereocenters. The smallest absolute Gasteiger partial charge is 0.256 e. The molecule has 5 heteroatoms. The van der Waals surface area contributed by atoms with Crippen LogP contribution in [0.5, 0.6) is 0 Å². The number of amides is 2. The van der Waals surface area contributed by atoms with Crippen molar-refractivity contribution in [2.75, 3.05) is 19.3 Å². The Balaban J connectivity index is 2.96. The van der Waals surface area contributed by atoms with Crippen LogP contribution in [0.15, 0.2) is 18.2 Å². The minimum atomic E-state index is -0.554. The highest BCUT2D eigenvalue weighted by atomic mass is 16.2. The quantitative estimate of drug-likeness (QED) is 0.711. The van der Waals surface area contributed by atoms with Gasteiger partial charge < -0.3 is 16.4 Å². The predicted molar refractivity (Wildman–Crippen MR) is 61.7 cm³/mol. The van der Waals surface area contributed by atoms with Crippen LogP contribution in [0.3, 0.4) is 0 Å². The van der Waals surface area contributed by atoms with Crippen molar-refractivity contribution in [3.8, 4) is 0 Å². The molecule has 86 valence electrons. The summed E-state index contributed by atoms with van der Waals surface area (Å²) in [5, 5.41) is 0. The number of anilines is 1. The number of hydrogen-bond acceptors (Lipinski definition) is 3. The van der Waals surface area contributed by atoms with Gasteiger partial charge in [-0.05, 0) is 18.6 Å². The number of hydrogen-bond donors (Lipinski definition) is 2. The first-order valence-corrected chi connectivity index (χ1v) is 4.82. The molecule has 1 aromatic carbocycles. The number of likely N-dealkylation sites (N-methyl/N-ethyl adjacent to an activating group) is 1. The molecule has 0 aliphatic carbocycles. The molecule has 4 N–H and O–H groups in total. The maximum Gasteiger partial charge on any atom is 0.256 e. The summed E-state index contributed by atoms with van der Waals surface area (Å²) in [5.41, 5.74) is 12.5. The van der Waals surface area contributed by atoms with Crippen molar-refractivity contribution in [2.24, 2.45) is 5.73 Å². The van der Waals surface area contributed by atoms with Crippen LogP contribution in [0.25, 0.3) is 0 Å². The molecule has 0 bridgehead atoms. The number of nitrogen functional groups attached to an aromatic ring is 1. The van der Waals surface area contributed by atoms with E-state index in [1.54, 1.807) is 12.1 Å². The second-order valence-corrected chi connectivity index (χ2v) is 3.66. The molecule has 0 saturated heterocycles. The number of nitrogens with two attached hydrogens (primary N) is 2. The first-order valence-electron chi connectivity index (χ1n) is 4.82. The summed E-state index contributed by atoms with van der Waals surface area (Å²) < 4.78 is 0. The van der Waals surface area contributed by atoms with Crippen LogP contribution in [-0.4, -0.2) is 30.3 Å². The maximum atomic E-state index is 11.9. The van der Waals surface area contributed by atoms with Crippen molar-refractivity contribution in [3.05, 3.63) is 29.3 Å². The fourth-order valence-electron chi connectivity index (χ4n) is 1.38. The Labute approximate surface area is 94.0 Å². The fraction of sp³-hybridized carbons (Fsp3) is 0.273. The van der Waals surface area contributed by atoms with Crippen molar-refractivity contribution in [2.45, 2.75) is 6.92 Å². The third kappa shape index (κ3) is 2.50. The number of nitrogens with zero attached hydrogens (tertiary/aromatic N) is 1. The summed E-state index contributed by atoms with van der Waals surface area (Å²) in [6.07, 6.45) is 0. The van der Waals surface area contributed by atoms with Crippen molar-refractivity contribution in [3.63, 3.8) is 0 Å². The fourth-order valence-corrected chi connectivity index (χ4v) is 1.38. The van der Waals surface area contributed by atoms with Gasteiger partial charge in [-0.1, -0.05) is 12.1 Å². The molecule has 1 rings (SSSR count). The lowest BCUT2D eigenvalue weighted by atomic mass is 10.1. The zero-order valence-corrected chi connectivity index (χ0v) is 9.36. The van der Waals surface area contributed by atoms with Gasteiger partial charge in [0.25, 0.3) is 5.91 Å². The van der Waals surface area contributed by atoms with Gasteiger partial charge in [-0.25, -0.2) is 0 Å². The lowest BCUT2D eigenvalue weighted by molar-refractivity contribution is -0.118. The molecule has 2 amide bonds. The maximum absolute atomic E-state index is 11.9. The Bertz CT molecular complexity index is 429. The Hall–Kier alpha value is -2.04. The van der Waals surface area contributed by atoms with Crippen LogP contribution in [0, 0.1) is 6.92 Å². The number of carbonyl (C=O) groups excluding carboxylic acids is 2. The summed E-state index contributed by atoms with van der Waals surface area (Å²) in [7, 11) is 1.51. The van der Waals surface area contributed by atoms with Gasteiger partial charge in [0, 0.05) is 12.7 Å². The summed E-state index contributed by atoms with van der Waals surface area (Å²) >= 11 is 0. The Morgan fingerprint density at radius 1 is 1.38 bits per heavy atom. The van der Waals surface area contributed by atoms with E-state index in [1.165, 1.54) is 11.9 Å². The molecule has 0 atom stereocenters. The Morgan fingerprint density at radius 3 is 2.56 bits per heavy atom. The average molecular weight is 221 g/mol. The van der Waals surface area contributed by atoms with Gasteiger partial charge in [-0.3, -0.25) is 9.59 Å². The van der Waals surface area contributed by atoms with Crippen LogP contribution in [-0.2, 0) is 4.79 Å². The molecule has 0 aliphatic heterocycles. The monoisotopic (exact) mass is 221 g/mol. The van der Waals surface area contributed by atoms with Gasteiger partial charge in [-0.15, -0.1) is 0 Å². The van der Waals surface area contributed by atoms with Crippen LogP contribution in [0.1, 0.15) is 15.9 Å². The van der Waals surface area contributed by atoms with Gasteiger partial charge in [0.2, 0.25) is 5.91 Å². The minimum absolute atomic E-state index is 0.119. The number of primary amides is 1. The molecule has 16 heavy (non-hydrogen) atoms. The summed E-state index contributed by atoms with van der Waals surface area (Å²) in [6, 6.07) is 5.19. The molecule has 0 aliphatic rings. The van der Waals surface area contributed by atoms with Gasteiger partial charge in [0.15, 0.2) is 0 Å². The van der Waals surface area contributed by atoms with E-state index in [0.717, 1.165) is 5.56 Å². The van der Waals surface area contributed by atoms with Gasteiger partial charge in [0.1, 0.15) is 0 Å². The largest absolute Gasteiger partial charge is 0.398 e. The van der Waals surface area contributed by atoms with E-state index in [0.29, 0.717) is 11.3 Å². The van der Waals surface area contributed by atoms with Crippen molar-refractivity contribution in [1.82, 2.24) is 4.90 Å². The summed E-state index contributed by atoms with van der Waals surface area (Å²) in [5.74, 6) is -0.859. The molecule has 0 saturated carbocycles. The molecule has 0 heterocycles.